The van der Waals surface area contributed by atoms with Crippen LogP contribution in [0.4, 0.5) is 0 Å². The average Bonchev–Trinajstić information content (AvgIpc) is 3.04. The highest BCUT2D eigenvalue weighted by Gasteiger charge is 2.20. The zero-order chi connectivity index (χ0) is 14.3. The zero-order valence-electron chi connectivity index (χ0n) is 11.6. The molecule has 0 fully saturated rings. The fourth-order valence-corrected chi connectivity index (χ4v) is 2.67. The molecule has 5 heteroatoms. The van der Waals surface area contributed by atoms with Crippen molar-refractivity contribution in [2.45, 2.75) is 39.0 Å². The maximum absolute atomic E-state index is 11.1. The molecule has 3 rings (SSSR count). The van der Waals surface area contributed by atoms with Gasteiger partial charge in [0, 0.05) is 5.92 Å². The van der Waals surface area contributed by atoms with Crippen molar-refractivity contribution in [2.75, 3.05) is 0 Å². The molecule has 0 saturated heterocycles. The second-order valence-corrected chi connectivity index (χ2v) is 5.47. The molecule has 1 aromatic carbocycles. The lowest BCUT2D eigenvalue weighted by atomic mass is 10.1. The first-order valence-corrected chi connectivity index (χ1v) is 6.88. The third-order valence-electron chi connectivity index (χ3n) is 3.67. The molecule has 0 unspecified atom stereocenters. The molecule has 0 bridgehead atoms. The van der Waals surface area contributed by atoms with E-state index < -0.39 is 5.97 Å². The number of carboxylic acid groups (broad SMARTS) is 1. The predicted octanol–water partition coefficient (Wildman–Crippen LogP) is 2.58. The zero-order valence-corrected chi connectivity index (χ0v) is 11.6. The summed E-state index contributed by atoms with van der Waals surface area (Å²) in [4.78, 5) is 15.2. The van der Waals surface area contributed by atoms with E-state index in [1.807, 2.05) is 19.9 Å². The Bertz CT molecular complexity index is 674. The highest BCUT2D eigenvalue weighted by molar-refractivity contribution is 5.83. The third-order valence-corrected chi connectivity index (χ3v) is 3.67. The van der Waals surface area contributed by atoms with Crippen LogP contribution in [0.2, 0.25) is 0 Å². The normalized spacial score (nSPS) is 13.8. The van der Waals surface area contributed by atoms with E-state index >= 15 is 0 Å². The van der Waals surface area contributed by atoms with Crippen LogP contribution in [-0.2, 0) is 12.8 Å². The summed E-state index contributed by atoms with van der Waals surface area (Å²) >= 11 is 0. The van der Waals surface area contributed by atoms with Crippen molar-refractivity contribution < 1.29 is 9.90 Å². The van der Waals surface area contributed by atoms with Crippen molar-refractivity contribution in [3.05, 3.63) is 41.0 Å². The van der Waals surface area contributed by atoms with E-state index in [9.17, 15) is 4.79 Å². The van der Waals surface area contributed by atoms with Gasteiger partial charge >= 0.3 is 5.97 Å². The smallest absolute Gasteiger partial charge is 0.375 e. The van der Waals surface area contributed by atoms with Gasteiger partial charge < -0.3 is 5.11 Å². The second kappa shape index (κ2) is 4.74. The van der Waals surface area contributed by atoms with Gasteiger partial charge in [-0.3, -0.25) is 0 Å². The lowest BCUT2D eigenvalue weighted by Crippen LogP contribution is -2.05. The van der Waals surface area contributed by atoms with Gasteiger partial charge in [0.15, 0.2) is 0 Å². The van der Waals surface area contributed by atoms with Gasteiger partial charge in [0.25, 0.3) is 5.82 Å². The Labute approximate surface area is 117 Å². The highest BCUT2D eigenvalue weighted by Crippen LogP contribution is 2.25. The van der Waals surface area contributed by atoms with Crippen molar-refractivity contribution in [1.82, 2.24) is 14.8 Å². The number of hydrogen-bond acceptors (Lipinski definition) is 3. The summed E-state index contributed by atoms with van der Waals surface area (Å²) in [6.07, 6.45) is 3.40. The number of aromatic carboxylic acids is 1. The van der Waals surface area contributed by atoms with E-state index in [4.69, 9.17) is 5.11 Å². The molecule has 5 nitrogen and oxygen atoms in total. The molecule has 1 aliphatic rings. The fourth-order valence-electron chi connectivity index (χ4n) is 2.67. The summed E-state index contributed by atoms with van der Waals surface area (Å²) in [6.45, 7) is 3.97. The molecule has 1 N–H and O–H groups in total. The molecule has 0 saturated carbocycles. The quantitative estimate of drug-likeness (QED) is 0.931. The van der Waals surface area contributed by atoms with E-state index in [1.54, 1.807) is 4.68 Å². The highest BCUT2D eigenvalue weighted by atomic mass is 16.4. The van der Waals surface area contributed by atoms with Gasteiger partial charge in [-0.05, 0) is 42.5 Å². The first-order valence-electron chi connectivity index (χ1n) is 6.88. The number of carbonyl (C=O) groups is 1. The minimum absolute atomic E-state index is 0.115. The number of aromatic nitrogens is 3. The van der Waals surface area contributed by atoms with Crippen LogP contribution in [0.15, 0.2) is 18.2 Å². The van der Waals surface area contributed by atoms with Gasteiger partial charge in [-0.25, -0.2) is 14.5 Å². The lowest BCUT2D eigenvalue weighted by molar-refractivity contribution is 0.0683. The largest absolute Gasteiger partial charge is 0.475 e. The summed E-state index contributed by atoms with van der Waals surface area (Å²) in [5.74, 6) is -0.440. The predicted molar refractivity (Wildman–Crippen MR) is 74.4 cm³/mol. The van der Waals surface area contributed by atoms with Crippen LogP contribution in [-0.4, -0.2) is 25.8 Å². The molecule has 0 spiro atoms. The molecule has 1 aromatic heterocycles. The molecule has 0 amide bonds. The van der Waals surface area contributed by atoms with E-state index in [-0.39, 0.29) is 11.7 Å². The SMILES string of the molecule is CC(C)c1nc(C(=O)O)nn1-c1ccc2c(c1)CCC2. The topological polar surface area (TPSA) is 68.0 Å². The Balaban J connectivity index is 2.11. The second-order valence-electron chi connectivity index (χ2n) is 5.47. The Morgan fingerprint density at radius 1 is 1.30 bits per heavy atom. The van der Waals surface area contributed by atoms with Crippen LogP contribution in [0.5, 0.6) is 0 Å². The van der Waals surface area contributed by atoms with E-state index in [0.717, 1.165) is 18.5 Å². The van der Waals surface area contributed by atoms with Crippen molar-refractivity contribution in [3.63, 3.8) is 0 Å². The van der Waals surface area contributed by atoms with E-state index in [1.165, 1.54) is 17.5 Å². The summed E-state index contributed by atoms with van der Waals surface area (Å²) < 4.78 is 1.66. The molecule has 1 aliphatic carbocycles. The Hall–Kier alpha value is -2.17. The molecule has 0 aliphatic heterocycles. The fraction of sp³-hybridized carbons (Fsp3) is 0.400. The Morgan fingerprint density at radius 2 is 2.05 bits per heavy atom. The summed E-state index contributed by atoms with van der Waals surface area (Å²) in [7, 11) is 0. The van der Waals surface area contributed by atoms with Gasteiger partial charge in [0.05, 0.1) is 5.69 Å². The average molecular weight is 271 g/mol. The van der Waals surface area contributed by atoms with E-state index in [0.29, 0.717) is 5.82 Å². The molecular formula is C15H17N3O2. The van der Waals surface area contributed by atoms with Crippen LogP contribution >= 0.6 is 0 Å². The van der Waals surface area contributed by atoms with Crippen LogP contribution in [0.3, 0.4) is 0 Å². The third kappa shape index (κ3) is 2.09. The molecule has 0 radical (unpaired) electrons. The van der Waals surface area contributed by atoms with Gasteiger partial charge in [-0.2, -0.15) is 0 Å². The van der Waals surface area contributed by atoms with Gasteiger partial charge in [-0.15, -0.1) is 5.10 Å². The molecular weight excluding hydrogens is 254 g/mol. The minimum atomic E-state index is -1.09. The van der Waals surface area contributed by atoms with E-state index in [2.05, 4.69) is 22.2 Å². The number of aryl methyl sites for hydroxylation is 2. The number of rotatable bonds is 3. The molecule has 0 atom stereocenters. The van der Waals surface area contributed by atoms with Gasteiger partial charge in [-0.1, -0.05) is 19.9 Å². The molecule has 104 valence electrons. The minimum Gasteiger partial charge on any atom is -0.475 e. The number of benzene rings is 1. The summed E-state index contributed by atoms with van der Waals surface area (Å²) in [5.41, 5.74) is 3.62. The maximum Gasteiger partial charge on any atom is 0.375 e. The molecule has 1 heterocycles. The van der Waals surface area contributed by atoms with Crippen LogP contribution in [0, 0.1) is 0 Å². The number of fused-ring (bicyclic) bond motifs is 1. The van der Waals surface area contributed by atoms with Gasteiger partial charge in [0.2, 0.25) is 0 Å². The summed E-state index contributed by atoms with van der Waals surface area (Å²) in [5, 5.41) is 13.2. The van der Waals surface area contributed by atoms with Crippen LogP contribution < -0.4 is 0 Å². The maximum atomic E-state index is 11.1. The van der Waals surface area contributed by atoms with Gasteiger partial charge in [0.1, 0.15) is 5.82 Å². The molecule has 2 aromatic rings. The van der Waals surface area contributed by atoms with Crippen LogP contribution in [0.25, 0.3) is 5.69 Å². The standard InChI is InChI=1S/C15H17N3O2/c1-9(2)14-16-13(15(19)20)17-18(14)12-7-6-10-4-3-5-11(10)8-12/h6-9H,3-5H2,1-2H3,(H,19,20). The summed E-state index contributed by atoms with van der Waals surface area (Å²) in [6, 6.07) is 6.22. The monoisotopic (exact) mass is 271 g/mol. The van der Waals surface area contributed by atoms with Crippen molar-refractivity contribution in [1.29, 1.82) is 0 Å². The lowest BCUT2D eigenvalue weighted by Gasteiger charge is -2.09. The number of nitrogens with zero attached hydrogens (tertiary/aromatic N) is 3. The molecule has 20 heavy (non-hydrogen) atoms. The van der Waals surface area contributed by atoms with Crippen molar-refractivity contribution in [3.8, 4) is 5.69 Å². The first kappa shape index (κ1) is 12.8. The number of hydrogen-bond donors (Lipinski definition) is 1. The van der Waals surface area contributed by atoms with Crippen molar-refractivity contribution in [2.24, 2.45) is 0 Å². The first-order chi connectivity index (χ1) is 9.56. The Kier molecular flexibility index (Phi) is 3.04. The van der Waals surface area contributed by atoms with Crippen molar-refractivity contribution >= 4 is 5.97 Å². The number of carboxylic acids is 1. The Morgan fingerprint density at radius 3 is 2.75 bits per heavy atom. The van der Waals surface area contributed by atoms with Crippen LogP contribution in [0.1, 0.15) is 53.8 Å².